The van der Waals surface area contributed by atoms with Gasteiger partial charge in [0, 0.05) is 0 Å². The fourth-order valence-corrected chi connectivity index (χ4v) is 0.779. The summed E-state index contributed by atoms with van der Waals surface area (Å²) in [4.78, 5) is 32.7. The van der Waals surface area contributed by atoms with Crippen LogP contribution in [0.5, 0.6) is 0 Å². The van der Waals surface area contributed by atoms with Gasteiger partial charge in [-0.3, -0.25) is 9.59 Å². The molecule has 15 heavy (non-hydrogen) atoms. The van der Waals surface area contributed by atoms with Crippen molar-refractivity contribution >= 4 is 17.8 Å². The van der Waals surface area contributed by atoms with Crippen LogP contribution >= 0.6 is 0 Å². The van der Waals surface area contributed by atoms with Crippen molar-refractivity contribution in [3.8, 4) is 0 Å². The van der Waals surface area contributed by atoms with Crippen LogP contribution in [0, 0.1) is 0 Å². The first-order chi connectivity index (χ1) is 7.01. The van der Waals surface area contributed by atoms with Gasteiger partial charge < -0.3 is 21.1 Å². The van der Waals surface area contributed by atoms with Crippen LogP contribution in [0.3, 0.4) is 0 Å². The summed E-state index contributed by atoms with van der Waals surface area (Å²) < 4.78 is 4.40. The Kier molecular flexibility index (Phi) is 6.03. The maximum absolute atomic E-state index is 11.1. The van der Waals surface area contributed by atoms with Crippen molar-refractivity contribution in [2.75, 3.05) is 20.2 Å². The first kappa shape index (κ1) is 13.4. The smallest absolute Gasteiger partial charge is 0.328 e. The van der Waals surface area contributed by atoms with Gasteiger partial charge in [0.15, 0.2) is 0 Å². The summed E-state index contributed by atoms with van der Waals surface area (Å²) in [6, 6.07) is -0.739. The molecule has 0 fully saturated rings. The lowest BCUT2D eigenvalue weighted by Gasteiger charge is -2.11. The van der Waals surface area contributed by atoms with Gasteiger partial charge in [-0.05, 0) is 6.92 Å². The predicted octanol–water partition coefficient (Wildman–Crippen LogP) is -2.26. The lowest BCUT2D eigenvalue weighted by molar-refractivity contribution is -0.144. The molecule has 7 nitrogen and oxygen atoms in total. The van der Waals surface area contributed by atoms with E-state index in [1.54, 1.807) is 0 Å². The summed E-state index contributed by atoms with van der Waals surface area (Å²) in [5.74, 6) is -1.46. The third-order valence-electron chi connectivity index (χ3n) is 1.56. The van der Waals surface area contributed by atoms with E-state index in [-0.39, 0.29) is 13.1 Å². The lowest BCUT2D eigenvalue weighted by atomic mass is 10.3. The number of hydrogen-bond donors (Lipinski definition) is 3. The molecule has 0 aromatic rings. The Labute approximate surface area is 87.3 Å². The lowest BCUT2D eigenvalue weighted by Crippen LogP contribution is -2.45. The molecular weight excluding hydrogens is 202 g/mol. The Bertz CT molecular complexity index is 254. The molecule has 0 rings (SSSR count). The average Bonchev–Trinajstić information content (AvgIpc) is 2.24. The van der Waals surface area contributed by atoms with Crippen LogP contribution in [0.15, 0.2) is 0 Å². The second-order valence-electron chi connectivity index (χ2n) is 2.79. The normalized spacial score (nSPS) is 11.4. The van der Waals surface area contributed by atoms with E-state index in [0.29, 0.717) is 0 Å². The van der Waals surface area contributed by atoms with Gasteiger partial charge in [-0.2, -0.15) is 0 Å². The second kappa shape index (κ2) is 6.77. The number of nitrogens with one attached hydrogen (secondary N) is 2. The molecule has 86 valence electrons. The number of hydrogen-bond acceptors (Lipinski definition) is 5. The average molecular weight is 217 g/mol. The molecule has 0 spiro atoms. The van der Waals surface area contributed by atoms with Crippen LogP contribution in [-0.4, -0.2) is 44.0 Å². The summed E-state index contributed by atoms with van der Waals surface area (Å²) in [7, 11) is 1.22. The van der Waals surface area contributed by atoms with Crippen LogP contribution in [0.25, 0.3) is 0 Å². The maximum Gasteiger partial charge on any atom is 0.328 e. The van der Waals surface area contributed by atoms with Gasteiger partial charge >= 0.3 is 5.97 Å². The van der Waals surface area contributed by atoms with Crippen LogP contribution in [-0.2, 0) is 19.1 Å². The molecular formula is C8H15N3O4. The minimum Gasteiger partial charge on any atom is -0.467 e. The Balaban J connectivity index is 3.83. The molecule has 0 heterocycles. The van der Waals surface area contributed by atoms with Gasteiger partial charge in [0.1, 0.15) is 6.04 Å². The molecule has 0 bridgehead atoms. The zero-order chi connectivity index (χ0) is 11.8. The van der Waals surface area contributed by atoms with Crippen LogP contribution in [0.1, 0.15) is 6.92 Å². The number of ether oxygens (including phenoxy) is 1. The largest absolute Gasteiger partial charge is 0.467 e. The summed E-state index contributed by atoms with van der Waals surface area (Å²) in [5.41, 5.74) is 5.01. The van der Waals surface area contributed by atoms with Crippen molar-refractivity contribution in [3.05, 3.63) is 0 Å². The van der Waals surface area contributed by atoms with Crippen LogP contribution < -0.4 is 16.4 Å². The van der Waals surface area contributed by atoms with E-state index >= 15 is 0 Å². The van der Waals surface area contributed by atoms with E-state index in [2.05, 4.69) is 15.4 Å². The van der Waals surface area contributed by atoms with Gasteiger partial charge in [-0.1, -0.05) is 0 Å². The Morgan fingerprint density at radius 1 is 1.33 bits per heavy atom. The molecule has 0 radical (unpaired) electrons. The van der Waals surface area contributed by atoms with Crippen molar-refractivity contribution in [1.82, 2.24) is 10.6 Å². The predicted molar refractivity (Wildman–Crippen MR) is 51.7 cm³/mol. The third-order valence-corrected chi connectivity index (χ3v) is 1.56. The van der Waals surface area contributed by atoms with E-state index in [1.165, 1.54) is 14.0 Å². The van der Waals surface area contributed by atoms with Crippen molar-refractivity contribution in [2.45, 2.75) is 13.0 Å². The van der Waals surface area contributed by atoms with E-state index in [9.17, 15) is 14.4 Å². The SMILES string of the molecule is COC(=O)C(C)NC(=O)CNC(=O)CN. The molecule has 1 unspecified atom stereocenters. The first-order valence-electron chi connectivity index (χ1n) is 4.35. The molecule has 0 aromatic carbocycles. The van der Waals surface area contributed by atoms with E-state index in [1.807, 2.05) is 0 Å². The fraction of sp³-hybridized carbons (Fsp3) is 0.625. The molecule has 0 saturated carbocycles. The third kappa shape index (κ3) is 5.63. The summed E-state index contributed by atoms with van der Waals surface area (Å²) in [6.07, 6.45) is 0. The quantitative estimate of drug-likeness (QED) is 0.450. The highest BCUT2D eigenvalue weighted by molar-refractivity contribution is 5.88. The Morgan fingerprint density at radius 3 is 2.40 bits per heavy atom. The van der Waals surface area contributed by atoms with Crippen molar-refractivity contribution in [2.24, 2.45) is 5.73 Å². The van der Waals surface area contributed by atoms with Crippen molar-refractivity contribution < 1.29 is 19.1 Å². The van der Waals surface area contributed by atoms with Crippen molar-refractivity contribution in [3.63, 3.8) is 0 Å². The monoisotopic (exact) mass is 217 g/mol. The first-order valence-corrected chi connectivity index (χ1v) is 4.35. The molecule has 0 aliphatic carbocycles. The summed E-state index contributed by atoms with van der Waals surface area (Å²) >= 11 is 0. The highest BCUT2D eigenvalue weighted by Gasteiger charge is 2.15. The van der Waals surface area contributed by atoms with Gasteiger partial charge in [0.25, 0.3) is 0 Å². The highest BCUT2D eigenvalue weighted by atomic mass is 16.5. The number of nitrogens with two attached hydrogens (primary N) is 1. The number of carbonyl (C=O) groups excluding carboxylic acids is 3. The van der Waals surface area contributed by atoms with Crippen LogP contribution in [0.2, 0.25) is 0 Å². The standard InChI is InChI=1S/C8H15N3O4/c1-5(8(14)15-2)11-7(13)4-10-6(12)3-9/h5H,3-4,9H2,1-2H3,(H,10,12)(H,11,13). The summed E-state index contributed by atoms with van der Waals surface area (Å²) in [5, 5.41) is 4.61. The number of esters is 1. The zero-order valence-electron chi connectivity index (χ0n) is 8.70. The van der Waals surface area contributed by atoms with Gasteiger partial charge in [0.05, 0.1) is 20.2 Å². The molecule has 0 saturated heterocycles. The van der Waals surface area contributed by atoms with E-state index < -0.39 is 23.8 Å². The Morgan fingerprint density at radius 2 is 1.93 bits per heavy atom. The van der Waals surface area contributed by atoms with E-state index in [0.717, 1.165) is 0 Å². The highest BCUT2D eigenvalue weighted by Crippen LogP contribution is 1.84. The number of rotatable bonds is 5. The van der Waals surface area contributed by atoms with Crippen molar-refractivity contribution in [1.29, 1.82) is 0 Å². The summed E-state index contributed by atoms with van der Waals surface area (Å²) in [6.45, 7) is 1.09. The van der Waals surface area contributed by atoms with Crippen LogP contribution in [0.4, 0.5) is 0 Å². The maximum atomic E-state index is 11.1. The van der Waals surface area contributed by atoms with Gasteiger partial charge in [0.2, 0.25) is 11.8 Å². The molecule has 0 aromatic heterocycles. The molecule has 1 atom stereocenters. The van der Waals surface area contributed by atoms with E-state index in [4.69, 9.17) is 5.73 Å². The number of amides is 2. The molecule has 2 amide bonds. The number of carbonyl (C=O) groups is 3. The Hall–Kier alpha value is -1.63. The van der Waals surface area contributed by atoms with Gasteiger partial charge in [-0.15, -0.1) is 0 Å². The second-order valence-corrected chi connectivity index (χ2v) is 2.79. The zero-order valence-corrected chi connectivity index (χ0v) is 8.70. The fourth-order valence-electron chi connectivity index (χ4n) is 0.779. The molecule has 4 N–H and O–H groups in total. The van der Waals surface area contributed by atoms with Gasteiger partial charge in [-0.25, -0.2) is 4.79 Å². The number of methoxy groups -OCH3 is 1. The minimum absolute atomic E-state index is 0.181. The molecule has 7 heteroatoms. The topological polar surface area (TPSA) is 111 Å². The minimum atomic E-state index is -0.739. The molecule has 0 aliphatic rings. The molecule has 0 aliphatic heterocycles.